The molecule has 4 nitrogen and oxygen atoms in total. The lowest BCUT2D eigenvalue weighted by Crippen LogP contribution is -2.38. The predicted molar refractivity (Wildman–Crippen MR) is 69.8 cm³/mol. The van der Waals surface area contributed by atoms with E-state index in [0.717, 1.165) is 25.6 Å². The molecule has 0 aromatic rings. The molecule has 1 heterocycles. The molecule has 1 fully saturated rings. The Morgan fingerprint density at radius 3 is 2.94 bits per heavy atom. The molecule has 1 saturated heterocycles. The first-order valence-corrected chi connectivity index (χ1v) is 6.11. The Balaban J connectivity index is 2.39. The van der Waals surface area contributed by atoms with Crippen LogP contribution in [-0.2, 0) is 0 Å². The fourth-order valence-corrected chi connectivity index (χ4v) is 1.92. The van der Waals surface area contributed by atoms with Crippen molar-refractivity contribution in [3.8, 4) is 0 Å². The predicted octanol–water partition coefficient (Wildman–Crippen LogP) is 0.822. The smallest absolute Gasteiger partial charge is 0.191 e. The minimum atomic E-state index is 0.610. The van der Waals surface area contributed by atoms with Gasteiger partial charge in [-0.3, -0.25) is 4.99 Å². The van der Waals surface area contributed by atoms with Crippen molar-refractivity contribution in [3.05, 3.63) is 12.7 Å². The SMILES string of the molecule is C=CCNC(=NCC1CCCN1C)NCC. The molecule has 0 radical (unpaired) electrons. The summed E-state index contributed by atoms with van der Waals surface area (Å²) in [6, 6.07) is 0.610. The molecule has 1 aliphatic heterocycles. The van der Waals surface area contributed by atoms with Gasteiger partial charge in [-0.05, 0) is 33.4 Å². The molecule has 1 aliphatic rings. The maximum absolute atomic E-state index is 4.59. The number of likely N-dealkylation sites (N-methyl/N-ethyl adjacent to an activating group) is 1. The minimum absolute atomic E-state index is 0.610. The van der Waals surface area contributed by atoms with E-state index in [1.54, 1.807) is 0 Å². The molecule has 1 unspecified atom stereocenters. The number of rotatable bonds is 5. The van der Waals surface area contributed by atoms with Crippen LogP contribution in [0.5, 0.6) is 0 Å². The number of aliphatic imine (C=N–C) groups is 1. The van der Waals surface area contributed by atoms with E-state index in [1.165, 1.54) is 19.4 Å². The Morgan fingerprint density at radius 2 is 2.38 bits per heavy atom. The first kappa shape index (κ1) is 13.0. The van der Waals surface area contributed by atoms with Crippen LogP contribution in [0, 0.1) is 0 Å². The highest BCUT2D eigenvalue weighted by Crippen LogP contribution is 2.14. The van der Waals surface area contributed by atoms with E-state index in [0.29, 0.717) is 6.04 Å². The second-order valence-corrected chi connectivity index (χ2v) is 4.17. The zero-order valence-electron chi connectivity index (χ0n) is 10.5. The molecule has 16 heavy (non-hydrogen) atoms. The number of nitrogens with zero attached hydrogens (tertiary/aromatic N) is 2. The molecule has 0 saturated carbocycles. The largest absolute Gasteiger partial charge is 0.357 e. The summed E-state index contributed by atoms with van der Waals surface area (Å²) in [6.45, 7) is 9.50. The highest BCUT2D eigenvalue weighted by Gasteiger charge is 2.20. The summed E-state index contributed by atoms with van der Waals surface area (Å²) < 4.78 is 0. The van der Waals surface area contributed by atoms with Crippen molar-refractivity contribution in [2.24, 2.45) is 4.99 Å². The molecular formula is C12H24N4. The van der Waals surface area contributed by atoms with Crippen LogP contribution in [0.2, 0.25) is 0 Å². The lowest BCUT2D eigenvalue weighted by Gasteiger charge is -2.18. The quantitative estimate of drug-likeness (QED) is 0.413. The summed E-state index contributed by atoms with van der Waals surface area (Å²) in [5.41, 5.74) is 0. The molecule has 92 valence electrons. The zero-order valence-corrected chi connectivity index (χ0v) is 10.5. The third-order valence-corrected chi connectivity index (χ3v) is 2.89. The van der Waals surface area contributed by atoms with Crippen molar-refractivity contribution < 1.29 is 0 Å². The topological polar surface area (TPSA) is 39.7 Å². The normalized spacial score (nSPS) is 22.1. The fourth-order valence-electron chi connectivity index (χ4n) is 1.92. The van der Waals surface area contributed by atoms with Gasteiger partial charge in [0.1, 0.15) is 0 Å². The zero-order chi connectivity index (χ0) is 11.8. The summed E-state index contributed by atoms with van der Waals surface area (Å²) >= 11 is 0. The van der Waals surface area contributed by atoms with Crippen LogP contribution in [0.15, 0.2) is 17.6 Å². The summed E-state index contributed by atoms with van der Waals surface area (Å²) in [5, 5.41) is 6.44. The van der Waals surface area contributed by atoms with Gasteiger partial charge in [-0.25, -0.2) is 0 Å². The summed E-state index contributed by atoms with van der Waals surface area (Å²) in [7, 11) is 2.18. The second-order valence-electron chi connectivity index (χ2n) is 4.17. The number of guanidine groups is 1. The van der Waals surface area contributed by atoms with Crippen molar-refractivity contribution in [2.45, 2.75) is 25.8 Å². The number of hydrogen-bond donors (Lipinski definition) is 2. The van der Waals surface area contributed by atoms with Crippen LogP contribution < -0.4 is 10.6 Å². The van der Waals surface area contributed by atoms with Gasteiger partial charge in [0.15, 0.2) is 5.96 Å². The molecule has 0 aromatic heterocycles. The van der Waals surface area contributed by atoms with E-state index >= 15 is 0 Å². The van der Waals surface area contributed by atoms with Crippen LogP contribution in [0.3, 0.4) is 0 Å². The Kier molecular flexibility index (Phi) is 5.93. The maximum atomic E-state index is 4.59. The molecule has 0 bridgehead atoms. The van der Waals surface area contributed by atoms with Crippen molar-refractivity contribution in [1.82, 2.24) is 15.5 Å². The van der Waals surface area contributed by atoms with Crippen LogP contribution in [0.4, 0.5) is 0 Å². The Hall–Kier alpha value is -1.03. The molecule has 4 heteroatoms. The van der Waals surface area contributed by atoms with Crippen LogP contribution in [0.25, 0.3) is 0 Å². The van der Waals surface area contributed by atoms with Crippen molar-refractivity contribution >= 4 is 5.96 Å². The highest BCUT2D eigenvalue weighted by atomic mass is 15.2. The van der Waals surface area contributed by atoms with E-state index < -0.39 is 0 Å². The van der Waals surface area contributed by atoms with Crippen molar-refractivity contribution in [2.75, 3.05) is 33.2 Å². The molecule has 2 N–H and O–H groups in total. The van der Waals surface area contributed by atoms with Crippen LogP contribution in [-0.4, -0.2) is 50.1 Å². The van der Waals surface area contributed by atoms with Gasteiger partial charge in [-0.15, -0.1) is 6.58 Å². The summed E-state index contributed by atoms with van der Waals surface area (Å²) in [4.78, 5) is 6.98. The molecule has 0 amide bonds. The van der Waals surface area contributed by atoms with Gasteiger partial charge in [-0.2, -0.15) is 0 Å². The average Bonchev–Trinajstić information content (AvgIpc) is 2.68. The van der Waals surface area contributed by atoms with E-state index in [2.05, 4.69) is 41.1 Å². The molecule has 1 atom stereocenters. The average molecular weight is 224 g/mol. The first-order valence-electron chi connectivity index (χ1n) is 6.11. The van der Waals surface area contributed by atoms with Crippen LogP contribution in [0.1, 0.15) is 19.8 Å². The van der Waals surface area contributed by atoms with Gasteiger partial charge in [0.25, 0.3) is 0 Å². The van der Waals surface area contributed by atoms with E-state index in [1.807, 2.05) is 6.08 Å². The van der Waals surface area contributed by atoms with Gasteiger partial charge in [0.05, 0.1) is 6.54 Å². The molecule has 0 spiro atoms. The van der Waals surface area contributed by atoms with Crippen LogP contribution >= 0.6 is 0 Å². The lowest BCUT2D eigenvalue weighted by molar-refractivity contribution is 0.317. The van der Waals surface area contributed by atoms with Crippen molar-refractivity contribution in [3.63, 3.8) is 0 Å². The number of likely N-dealkylation sites (tertiary alicyclic amines) is 1. The molecule has 0 aromatic carbocycles. The van der Waals surface area contributed by atoms with Crippen molar-refractivity contribution in [1.29, 1.82) is 0 Å². The van der Waals surface area contributed by atoms with Gasteiger partial charge in [0, 0.05) is 19.1 Å². The Labute approximate surface area is 98.8 Å². The third kappa shape index (κ3) is 4.23. The fraction of sp³-hybridized carbons (Fsp3) is 0.750. The summed E-state index contributed by atoms with van der Waals surface area (Å²) in [6.07, 6.45) is 4.41. The molecular weight excluding hydrogens is 200 g/mol. The van der Waals surface area contributed by atoms with Gasteiger partial charge in [0.2, 0.25) is 0 Å². The highest BCUT2D eigenvalue weighted by molar-refractivity contribution is 5.79. The number of nitrogens with one attached hydrogen (secondary N) is 2. The standard InChI is InChI=1S/C12H24N4/c1-4-8-14-12(13-5-2)15-10-11-7-6-9-16(11)3/h4,11H,1,5-10H2,2-3H3,(H2,13,14,15). The molecule has 0 aliphatic carbocycles. The Bertz CT molecular complexity index is 237. The lowest BCUT2D eigenvalue weighted by atomic mass is 10.2. The first-order chi connectivity index (χ1) is 7.77. The minimum Gasteiger partial charge on any atom is -0.357 e. The van der Waals surface area contributed by atoms with Gasteiger partial charge < -0.3 is 15.5 Å². The Morgan fingerprint density at radius 1 is 1.56 bits per heavy atom. The van der Waals surface area contributed by atoms with Gasteiger partial charge >= 0.3 is 0 Å². The van der Waals surface area contributed by atoms with E-state index in [-0.39, 0.29) is 0 Å². The maximum Gasteiger partial charge on any atom is 0.191 e. The second kappa shape index (κ2) is 7.28. The number of hydrogen-bond acceptors (Lipinski definition) is 2. The van der Waals surface area contributed by atoms with Gasteiger partial charge in [-0.1, -0.05) is 6.08 Å². The van der Waals surface area contributed by atoms with E-state index in [9.17, 15) is 0 Å². The third-order valence-electron chi connectivity index (χ3n) is 2.89. The summed E-state index contributed by atoms with van der Waals surface area (Å²) in [5.74, 6) is 0.891. The monoisotopic (exact) mass is 224 g/mol. The van der Waals surface area contributed by atoms with E-state index in [4.69, 9.17) is 0 Å². The molecule has 1 rings (SSSR count).